The molecule has 0 bridgehead atoms. The van der Waals surface area contributed by atoms with Gasteiger partial charge in [-0.3, -0.25) is 14.4 Å². The second-order valence-electron chi connectivity index (χ2n) is 28.0. The van der Waals surface area contributed by atoms with Crippen molar-refractivity contribution in [3.05, 3.63) is 95.1 Å². The number of epoxide rings is 1. The van der Waals surface area contributed by atoms with Crippen LogP contribution in [0.3, 0.4) is 0 Å². The molecule has 3 aromatic rings. The van der Waals surface area contributed by atoms with Gasteiger partial charge in [0.1, 0.15) is 40.1 Å². The monoisotopic (exact) mass is 1200 g/mol. The molecule has 6 fully saturated rings. The number of allylic oxidation sites excluding steroid dienone is 2. The van der Waals surface area contributed by atoms with E-state index in [1.807, 2.05) is 36.4 Å². The number of aliphatic hydroxyl groups excluding tert-OH is 1. The number of aliphatic hydroxyl groups is 1. The molecule has 1 N–H and O–H groups in total. The number of hydrogen-bond donors (Lipinski definition) is 1. The van der Waals surface area contributed by atoms with Gasteiger partial charge in [0.05, 0.1) is 72.0 Å². The smallest absolute Gasteiger partial charge is 0.170 e. The summed E-state index contributed by atoms with van der Waals surface area (Å²) in [6.07, 6.45) is 15.0. The normalized spacial score (nSPS) is 32.6. The predicted molar refractivity (Wildman–Crippen MR) is 339 cm³/mol. The molecule has 1 aliphatic heterocycles. The van der Waals surface area contributed by atoms with Gasteiger partial charge in [-0.05, 0) is 164 Å². The van der Waals surface area contributed by atoms with Crippen molar-refractivity contribution in [3.63, 3.8) is 0 Å². The fraction of sp³-hybridized carbons (Fsp3) is 0.648. The van der Waals surface area contributed by atoms with Gasteiger partial charge in [0.25, 0.3) is 0 Å². The van der Waals surface area contributed by atoms with Gasteiger partial charge in [0, 0.05) is 40.8 Å². The highest BCUT2D eigenvalue weighted by Gasteiger charge is 2.72. The summed E-state index contributed by atoms with van der Waals surface area (Å²) in [5.41, 5.74) is 3.80. The molecule has 0 spiro atoms. The SMILES string of the molecule is C.C=C1[C@H](C(=O)c2cc(OC)cc(OC)c2)[C@@]2(C)CCCC(C)(C)[C@@H]2C[C@H]1O.COc1cc(OC)cc(C(=O)[C@@H]2[C@@]3(C)CCCC(C)(C)[C@@H]3C[C@H]3O[C@@]23C)c1.COc1cc(OC)cc(C(=O)[C@H]2C(C)=CC[C@H]3C(C)(C)CCC[C@]23C)c1.ClCCl. The number of rotatable bonds is 12. The summed E-state index contributed by atoms with van der Waals surface area (Å²) in [6.45, 7) is 29.4. The summed E-state index contributed by atoms with van der Waals surface area (Å²) in [7, 11) is 9.63. The van der Waals surface area contributed by atoms with Crippen LogP contribution in [0.15, 0.2) is 78.4 Å². The highest BCUT2D eigenvalue weighted by molar-refractivity contribution is 6.40. The quantitative estimate of drug-likeness (QED) is 0.0802. The fourth-order valence-corrected chi connectivity index (χ4v) is 17.8. The molecule has 1 saturated heterocycles. The van der Waals surface area contributed by atoms with Gasteiger partial charge in [-0.25, -0.2) is 0 Å². The van der Waals surface area contributed by atoms with Crippen molar-refractivity contribution in [1.29, 1.82) is 0 Å². The lowest BCUT2D eigenvalue weighted by molar-refractivity contribution is -0.0723. The minimum absolute atomic E-state index is 0. The van der Waals surface area contributed by atoms with Crippen LogP contribution in [0.5, 0.6) is 34.5 Å². The maximum absolute atomic E-state index is 13.9. The van der Waals surface area contributed by atoms with Crippen molar-refractivity contribution < 1.29 is 52.6 Å². The summed E-state index contributed by atoms with van der Waals surface area (Å²) in [6, 6.07) is 16.3. The lowest BCUT2D eigenvalue weighted by atomic mass is 9.46. The summed E-state index contributed by atoms with van der Waals surface area (Å²) in [4.78, 5) is 41.2. The Morgan fingerprint density at radius 1 is 0.524 bits per heavy atom. The standard InChI is InChI=1S/2C23H32O4.C23H32O3.CH2Cl2.CH4/c1-21(2)8-7-9-22(3)17(21)13-18-23(4,27-18)20(22)19(24)14-10-15(25-5)12-16(11-14)26-6;1-14-18(24)13-19-22(2,3)8-7-9-23(19,4)20(14)21(25)15-10-16(26-5)12-17(11-15)27-6;1-15-8-9-19-22(2,3)10-7-11-23(19,4)20(15)21(24)16-12-17(25-5)14-18(13-16)26-6;2-1-3;/h10-12,17-18,20H,7-9,13H2,1-6H3;10-12,18-20,24H,1,7-9,13H2,2-6H3;8,12-14,19-20H,7,9-11H2,1-6H3;1H2;1H4/t17-,18+,20+,22-,23+;18-,19+,20-,23+;19-,20+,23-;;/m010../s1. The third-order valence-electron chi connectivity index (χ3n) is 21.9. The first-order valence-electron chi connectivity index (χ1n) is 30.1. The van der Waals surface area contributed by atoms with E-state index in [-0.39, 0.29) is 92.1 Å². The number of ether oxygens (including phenoxy) is 7. The van der Waals surface area contributed by atoms with E-state index < -0.39 is 12.0 Å². The second kappa shape index (κ2) is 26.4. The fourth-order valence-electron chi connectivity index (χ4n) is 17.8. The third kappa shape index (κ3) is 13.2. The number of ketones is 3. The lowest BCUT2D eigenvalue weighted by Gasteiger charge is -2.58. The number of carbonyl (C=O) groups is 3. The van der Waals surface area contributed by atoms with Gasteiger partial charge < -0.3 is 38.3 Å². The number of Topliss-reactive ketones (excluding diaryl/α,β-unsaturated/α-hetero) is 3. The van der Waals surface area contributed by atoms with Crippen molar-refractivity contribution in [1.82, 2.24) is 0 Å². The number of alkyl halides is 2. The maximum atomic E-state index is 13.9. The Morgan fingerprint density at radius 2 is 0.857 bits per heavy atom. The van der Waals surface area contributed by atoms with Gasteiger partial charge in [-0.2, -0.15) is 0 Å². The Balaban J connectivity index is 0.000000196. The minimum atomic E-state index is -0.637. The molecule has 0 amide bonds. The molecule has 466 valence electrons. The third-order valence-corrected chi connectivity index (χ3v) is 21.9. The van der Waals surface area contributed by atoms with E-state index in [4.69, 9.17) is 56.4 Å². The Labute approximate surface area is 514 Å². The van der Waals surface area contributed by atoms with Crippen molar-refractivity contribution >= 4 is 40.6 Å². The zero-order valence-electron chi connectivity index (χ0n) is 53.1. The molecular weight excluding hydrogens is 1100 g/mol. The maximum Gasteiger partial charge on any atom is 0.170 e. The van der Waals surface area contributed by atoms with E-state index in [1.165, 1.54) is 31.3 Å². The van der Waals surface area contributed by atoms with E-state index in [0.717, 1.165) is 44.9 Å². The van der Waals surface area contributed by atoms with Crippen molar-refractivity contribution in [2.75, 3.05) is 48.0 Å². The van der Waals surface area contributed by atoms with Crippen LogP contribution < -0.4 is 28.4 Å². The zero-order valence-corrected chi connectivity index (χ0v) is 54.6. The number of carbonyl (C=O) groups excluding carboxylic acids is 3. The summed E-state index contributed by atoms with van der Waals surface area (Å²) in [5.74, 6) is 4.88. The number of halogens is 2. The molecule has 7 aliphatic rings. The average Bonchev–Trinajstić information content (AvgIpc) is 2.79. The van der Waals surface area contributed by atoms with Gasteiger partial charge >= 0.3 is 0 Å². The molecule has 10 rings (SSSR count). The first-order chi connectivity index (χ1) is 38.9. The van der Waals surface area contributed by atoms with Crippen LogP contribution in [-0.4, -0.2) is 88.3 Å². The van der Waals surface area contributed by atoms with E-state index >= 15 is 0 Å². The summed E-state index contributed by atoms with van der Waals surface area (Å²) in [5, 5.41) is 10.9. The average molecular weight is 1200 g/mol. The van der Waals surface area contributed by atoms with E-state index in [9.17, 15) is 19.5 Å². The molecule has 11 nitrogen and oxygen atoms in total. The molecule has 6 aliphatic carbocycles. The van der Waals surface area contributed by atoms with Gasteiger partial charge in [-0.15, -0.1) is 23.2 Å². The van der Waals surface area contributed by atoms with Gasteiger partial charge in [0.2, 0.25) is 0 Å². The number of fused-ring (bicyclic) bond motifs is 4. The van der Waals surface area contributed by atoms with Gasteiger partial charge in [-0.1, -0.05) is 107 Å². The first-order valence-corrected chi connectivity index (χ1v) is 31.2. The largest absolute Gasteiger partial charge is 0.497 e. The Bertz CT molecular complexity index is 2820. The van der Waals surface area contributed by atoms with E-state index in [0.29, 0.717) is 75.0 Å². The van der Waals surface area contributed by atoms with Crippen LogP contribution >= 0.6 is 23.2 Å². The Morgan fingerprint density at radius 3 is 1.25 bits per heavy atom. The molecule has 0 unspecified atom stereocenters. The minimum Gasteiger partial charge on any atom is -0.497 e. The highest BCUT2D eigenvalue weighted by Crippen LogP contribution is 2.69. The van der Waals surface area contributed by atoms with Crippen LogP contribution in [0, 0.1) is 68.0 Å². The molecule has 0 radical (unpaired) electrons. The van der Waals surface area contributed by atoms with Crippen LogP contribution in [-0.2, 0) is 4.74 Å². The predicted octanol–water partition coefficient (Wildman–Crippen LogP) is 17.3. The molecular formula is C71H102Cl2O11. The van der Waals surface area contributed by atoms with E-state index in [1.54, 1.807) is 60.9 Å². The molecule has 3 aromatic carbocycles. The zero-order chi connectivity index (χ0) is 61.4. The molecule has 0 aromatic heterocycles. The van der Waals surface area contributed by atoms with Crippen LogP contribution in [0.4, 0.5) is 0 Å². The van der Waals surface area contributed by atoms with Crippen LogP contribution in [0.1, 0.15) is 192 Å². The number of benzene rings is 3. The molecule has 12 atom stereocenters. The van der Waals surface area contributed by atoms with E-state index in [2.05, 4.69) is 88.8 Å². The number of hydrogen-bond acceptors (Lipinski definition) is 11. The first kappa shape index (κ1) is 68.6. The van der Waals surface area contributed by atoms with Crippen LogP contribution in [0.25, 0.3) is 0 Å². The Kier molecular flexibility index (Phi) is 21.6. The molecule has 1 heterocycles. The topological polar surface area (TPSA) is 139 Å². The van der Waals surface area contributed by atoms with Crippen molar-refractivity contribution in [2.24, 2.45) is 68.0 Å². The van der Waals surface area contributed by atoms with Crippen LogP contribution in [0.2, 0.25) is 0 Å². The molecule has 13 heteroatoms. The van der Waals surface area contributed by atoms with Crippen molar-refractivity contribution in [2.45, 2.75) is 178 Å². The molecule has 5 saturated carbocycles. The number of methoxy groups -OCH3 is 6. The summed E-state index contributed by atoms with van der Waals surface area (Å²) >= 11 is 9.53. The Hall–Kier alpha value is -4.55. The van der Waals surface area contributed by atoms with Gasteiger partial charge in [0.15, 0.2) is 17.3 Å². The van der Waals surface area contributed by atoms with Crippen molar-refractivity contribution in [3.8, 4) is 34.5 Å². The molecule has 84 heavy (non-hydrogen) atoms. The lowest BCUT2D eigenvalue weighted by Crippen LogP contribution is -2.56. The highest BCUT2D eigenvalue weighted by atomic mass is 35.5. The second-order valence-corrected chi connectivity index (χ2v) is 28.8. The summed E-state index contributed by atoms with van der Waals surface area (Å²) < 4.78 is 38.4.